The lowest BCUT2D eigenvalue weighted by atomic mass is 10.2. The molecule has 0 spiro atoms. The van der Waals surface area contributed by atoms with Crippen molar-refractivity contribution in [2.75, 3.05) is 20.8 Å². The van der Waals surface area contributed by atoms with E-state index in [1.54, 1.807) is 37.7 Å². The summed E-state index contributed by atoms with van der Waals surface area (Å²) in [6.45, 7) is 1.52. The molecule has 0 bridgehead atoms. The molecule has 1 fully saturated rings. The predicted molar refractivity (Wildman–Crippen MR) is 117 cm³/mol. The number of ether oxygens (including phenoxy) is 2. The second-order valence-corrected chi connectivity index (χ2v) is 8.45. The molecule has 1 saturated heterocycles. The van der Waals surface area contributed by atoms with Gasteiger partial charge in [-0.15, -0.1) is 11.3 Å². The number of fused-ring (bicyclic) bond motifs is 2. The second-order valence-electron chi connectivity index (χ2n) is 7.39. The number of benzene rings is 2. The molecular weight excluding hydrogens is 400 g/mol. The molecule has 0 radical (unpaired) electrons. The van der Waals surface area contributed by atoms with E-state index < -0.39 is 0 Å². The van der Waals surface area contributed by atoms with Gasteiger partial charge in [0.15, 0.2) is 11.5 Å². The third-order valence-electron chi connectivity index (χ3n) is 5.57. The summed E-state index contributed by atoms with van der Waals surface area (Å²) in [6.07, 6.45) is 2.16. The maximum Gasteiger partial charge on any atom is 0.258 e. The molecule has 2 aromatic carbocycles. The Morgan fingerprint density at radius 1 is 1.13 bits per heavy atom. The fourth-order valence-corrected chi connectivity index (χ4v) is 5.25. The van der Waals surface area contributed by atoms with Gasteiger partial charge in [-0.25, -0.2) is 9.97 Å². The number of hydrogen-bond donors (Lipinski definition) is 1. The van der Waals surface area contributed by atoms with Crippen LogP contribution in [0.2, 0.25) is 0 Å². The number of rotatable bonds is 5. The van der Waals surface area contributed by atoms with Crippen LogP contribution in [-0.2, 0) is 6.54 Å². The number of hydrogen-bond acceptors (Lipinski definition) is 7. The van der Waals surface area contributed by atoms with Crippen molar-refractivity contribution in [1.29, 1.82) is 0 Å². The largest absolute Gasteiger partial charge is 0.493 e. The lowest BCUT2D eigenvalue weighted by molar-refractivity contribution is 0.242. The molecule has 1 unspecified atom stereocenters. The quantitative estimate of drug-likeness (QED) is 0.526. The van der Waals surface area contributed by atoms with Gasteiger partial charge in [0.1, 0.15) is 10.8 Å². The van der Waals surface area contributed by atoms with Crippen LogP contribution in [0.25, 0.3) is 21.1 Å². The topological polar surface area (TPSA) is 80.3 Å². The summed E-state index contributed by atoms with van der Waals surface area (Å²) >= 11 is 1.75. The Morgan fingerprint density at radius 2 is 1.93 bits per heavy atom. The maximum atomic E-state index is 12.7. The summed E-state index contributed by atoms with van der Waals surface area (Å²) in [5, 5.41) is 1.61. The number of thiazole rings is 1. The van der Waals surface area contributed by atoms with Crippen LogP contribution in [0.4, 0.5) is 0 Å². The van der Waals surface area contributed by atoms with Crippen LogP contribution in [0.15, 0.2) is 41.2 Å². The number of methoxy groups -OCH3 is 2. The number of nitrogens with zero attached hydrogens (tertiary/aromatic N) is 3. The van der Waals surface area contributed by atoms with Gasteiger partial charge in [0.25, 0.3) is 5.56 Å². The summed E-state index contributed by atoms with van der Waals surface area (Å²) in [4.78, 5) is 27.5. The van der Waals surface area contributed by atoms with Crippen molar-refractivity contribution in [2.45, 2.75) is 25.4 Å². The molecule has 30 heavy (non-hydrogen) atoms. The SMILES string of the molecule is COc1cc2nc(CN3CCCC3c3nc4ccccc4s3)[nH]c(=O)c2cc1OC. The van der Waals surface area contributed by atoms with Crippen LogP contribution >= 0.6 is 11.3 Å². The molecule has 5 rings (SSSR count). The Hall–Kier alpha value is -2.97. The van der Waals surface area contributed by atoms with E-state index >= 15 is 0 Å². The second kappa shape index (κ2) is 7.70. The number of likely N-dealkylation sites (tertiary alicyclic amines) is 1. The molecule has 1 aliphatic heterocycles. The van der Waals surface area contributed by atoms with Crippen molar-refractivity contribution in [3.8, 4) is 11.5 Å². The highest BCUT2D eigenvalue weighted by Gasteiger charge is 2.29. The molecule has 1 N–H and O–H groups in total. The first-order chi connectivity index (χ1) is 14.7. The zero-order valence-corrected chi connectivity index (χ0v) is 17.7. The third-order valence-corrected chi connectivity index (χ3v) is 6.71. The Labute approximate surface area is 177 Å². The van der Waals surface area contributed by atoms with Gasteiger partial charge in [-0.3, -0.25) is 9.69 Å². The molecule has 0 aliphatic carbocycles. The van der Waals surface area contributed by atoms with Gasteiger partial charge >= 0.3 is 0 Å². The van der Waals surface area contributed by atoms with E-state index in [-0.39, 0.29) is 11.6 Å². The maximum absolute atomic E-state index is 12.7. The Kier molecular flexibility index (Phi) is 4.88. The first kappa shape index (κ1) is 19.0. The van der Waals surface area contributed by atoms with Crippen molar-refractivity contribution < 1.29 is 9.47 Å². The van der Waals surface area contributed by atoms with E-state index in [1.807, 2.05) is 12.1 Å². The number of para-hydroxylation sites is 1. The Morgan fingerprint density at radius 3 is 2.73 bits per heavy atom. The molecule has 1 aliphatic rings. The summed E-state index contributed by atoms with van der Waals surface area (Å²) in [6, 6.07) is 11.9. The lowest BCUT2D eigenvalue weighted by Gasteiger charge is -2.22. The van der Waals surface area contributed by atoms with Crippen molar-refractivity contribution in [1.82, 2.24) is 19.9 Å². The summed E-state index contributed by atoms with van der Waals surface area (Å²) in [5.41, 5.74) is 1.47. The molecule has 8 heteroatoms. The monoisotopic (exact) mass is 422 g/mol. The molecule has 1 atom stereocenters. The van der Waals surface area contributed by atoms with Crippen molar-refractivity contribution in [3.63, 3.8) is 0 Å². The van der Waals surface area contributed by atoms with E-state index in [0.717, 1.165) is 29.9 Å². The van der Waals surface area contributed by atoms with Crippen LogP contribution in [0.1, 0.15) is 29.7 Å². The van der Waals surface area contributed by atoms with E-state index in [2.05, 4.69) is 22.0 Å². The van der Waals surface area contributed by atoms with Gasteiger partial charge in [0, 0.05) is 6.07 Å². The fourth-order valence-electron chi connectivity index (χ4n) is 4.11. The standard InChI is InChI=1S/C22H22N4O3S/c1-28-17-10-13-15(11-18(17)29-2)23-20(25-21(13)27)12-26-9-5-7-16(26)22-24-14-6-3-4-8-19(14)30-22/h3-4,6,8,10-11,16H,5,7,9,12H2,1-2H3,(H,23,25,27). The minimum Gasteiger partial charge on any atom is -0.493 e. The Balaban J connectivity index is 1.47. The highest BCUT2D eigenvalue weighted by molar-refractivity contribution is 7.18. The Bertz CT molecular complexity index is 1250. The number of aromatic amines is 1. The fraction of sp³-hybridized carbons (Fsp3) is 0.318. The van der Waals surface area contributed by atoms with Gasteiger partial charge in [0.2, 0.25) is 0 Å². The molecule has 3 heterocycles. The minimum atomic E-state index is -0.174. The first-order valence-corrected chi connectivity index (χ1v) is 10.7. The van der Waals surface area contributed by atoms with E-state index in [4.69, 9.17) is 19.4 Å². The van der Waals surface area contributed by atoms with Gasteiger partial charge in [-0.1, -0.05) is 12.1 Å². The van der Waals surface area contributed by atoms with Crippen molar-refractivity contribution >= 4 is 32.5 Å². The molecule has 0 amide bonds. The number of nitrogens with one attached hydrogen (secondary N) is 1. The minimum absolute atomic E-state index is 0.174. The number of aromatic nitrogens is 3. The zero-order valence-electron chi connectivity index (χ0n) is 16.8. The average molecular weight is 423 g/mol. The van der Waals surface area contributed by atoms with Gasteiger partial charge in [-0.2, -0.15) is 0 Å². The first-order valence-electron chi connectivity index (χ1n) is 9.90. The van der Waals surface area contributed by atoms with Crippen molar-refractivity contribution in [2.24, 2.45) is 0 Å². The molecular formula is C22H22N4O3S. The molecule has 7 nitrogen and oxygen atoms in total. The number of H-pyrrole nitrogens is 1. The van der Waals surface area contributed by atoms with Crippen LogP contribution in [0, 0.1) is 0 Å². The molecule has 4 aromatic rings. The summed E-state index contributed by atoms with van der Waals surface area (Å²) in [7, 11) is 3.12. The molecule has 2 aromatic heterocycles. The van der Waals surface area contributed by atoms with E-state index in [9.17, 15) is 4.79 Å². The summed E-state index contributed by atoms with van der Waals surface area (Å²) in [5.74, 6) is 1.72. The van der Waals surface area contributed by atoms with Gasteiger partial charge in [0.05, 0.1) is 47.9 Å². The van der Waals surface area contributed by atoms with Crippen LogP contribution in [-0.4, -0.2) is 40.6 Å². The lowest BCUT2D eigenvalue weighted by Crippen LogP contribution is -2.25. The van der Waals surface area contributed by atoms with E-state index in [0.29, 0.717) is 34.8 Å². The third kappa shape index (κ3) is 3.32. The highest BCUT2D eigenvalue weighted by Crippen LogP contribution is 2.37. The normalized spacial score (nSPS) is 17.1. The predicted octanol–water partition coefficient (Wildman–Crippen LogP) is 3.89. The smallest absolute Gasteiger partial charge is 0.258 e. The summed E-state index contributed by atoms with van der Waals surface area (Å²) < 4.78 is 11.9. The average Bonchev–Trinajstić information content (AvgIpc) is 3.39. The van der Waals surface area contributed by atoms with Crippen molar-refractivity contribution in [3.05, 3.63) is 57.6 Å². The van der Waals surface area contributed by atoms with Gasteiger partial charge < -0.3 is 14.5 Å². The highest BCUT2D eigenvalue weighted by atomic mass is 32.1. The zero-order chi connectivity index (χ0) is 20.7. The van der Waals surface area contributed by atoms with Crippen LogP contribution < -0.4 is 15.0 Å². The van der Waals surface area contributed by atoms with Crippen LogP contribution in [0.5, 0.6) is 11.5 Å². The molecule has 154 valence electrons. The van der Waals surface area contributed by atoms with Gasteiger partial charge in [-0.05, 0) is 37.6 Å². The van der Waals surface area contributed by atoms with E-state index in [1.165, 1.54) is 4.70 Å². The molecule has 0 saturated carbocycles. The van der Waals surface area contributed by atoms with Crippen LogP contribution in [0.3, 0.4) is 0 Å².